The molecule has 0 fully saturated rings. The summed E-state index contributed by atoms with van der Waals surface area (Å²) in [7, 11) is 0.600. The van der Waals surface area contributed by atoms with E-state index in [0.29, 0.717) is 0 Å². The molecular formula is C9H18O4S. The second-order valence-electron chi connectivity index (χ2n) is 3.78. The van der Waals surface area contributed by atoms with E-state index in [-0.39, 0.29) is 6.61 Å². The standard InChI is InChI=1S/C9H18O4S/c1-12-8(10)9(11)13-6-5-7-14(2,3)4/h5-7H2,1-4H3. The lowest BCUT2D eigenvalue weighted by atomic mass is 10.5. The molecule has 0 spiro atoms. The van der Waals surface area contributed by atoms with Gasteiger partial charge in [0.15, 0.2) is 0 Å². The van der Waals surface area contributed by atoms with Gasteiger partial charge >= 0.3 is 11.9 Å². The Kier molecular flexibility index (Phi) is 5.60. The molecule has 0 unspecified atom stereocenters. The summed E-state index contributed by atoms with van der Waals surface area (Å²) in [4.78, 5) is 21.4. The Morgan fingerprint density at radius 2 is 1.71 bits per heavy atom. The zero-order valence-corrected chi connectivity index (χ0v) is 9.98. The van der Waals surface area contributed by atoms with E-state index in [1.807, 2.05) is 0 Å². The molecule has 0 saturated heterocycles. The normalized spacial score (nSPS) is 12.0. The van der Waals surface area contributed by atoms with Crippen molar-refractivity contribution in [1.29, 1.82) is 0 Å². The van der Waals surface area contributed by atoms with Crippen molar-refractivity contribution in [3.63, 3.8) is 0 Å². The largest absolute Gasteiger partial charge is 0.461 e. The lowest BCUT2D eigenvalue weighted by Gasteiger charge is -2.24. The summed E-state index contributed by atoms with van der Waals surface area (Å²) in [6, 6.07) is 0. The van der Waals surface area contributed by atoms with Gasteiger partial charge in [-0.1, -0.05) is 0 Å². The summed E-state index contributed by atoms with van der Waals surface area (Å²) in [6.07, 6.45) is 7.36. The number of rotatable bonds is 4. The number of carbonyl (C=O) groups excluding carboxylic acids is 2. The first kappa shape index (κ1) is 13.3. The molecule has 0 aliphatic carbocycles. The first-order valence-electron chi connectivity index (χ1n) is 4.28. The summed E-state index contributed by atoms with van der Waals surface area (Å²) < 4.78 is 8.89. The third-order valence-electron chi connectivity index (χ3n) is 1.49. The number of carbonyl (C=O) groups is 2. The van der Waals surface area contributed by atoms with Gasteiger partial charge in [0.1, 0.15) is 0 Å². The second-order valence-corrected chi connectivity index (χ2v) is 8.37. The smallest absolute Gasteiger partial charge is 0.417 e. The summed E-state index contributed by atoms with van der Waals surface area (Å²) in [5, 5.41) is 0. The van der Waals surface area contributed by atoms with Crippen LogP contribution in [0.2, 0.25) is 0 Å². The minimum Gasteiger partial charge on any atom is -0.461 e. The fourth-order valence-corrected chi connectivity index (χ4v) is 1.78. The zero-order valence-electron chi connectivity index (χ0n) is 9.16. The first-order chi connectivity index (χ1) is 6.37. The lowest BCUT2D eigenvalue weighted by Crippen LogP contribution is -2.19. The Hall–Kier alpha value is -0.710. The number of methoxy groups -OCH3 is 1. The average Bonchev–Trinajstić information content (AvgIpc) is 2.09. The van der Waals surface area contributed by atoms with E-state index < -0.39 is 22.0 Å². The van der Waals surface area contributed by atoms with Gasteiger partial charge in [-0.3, -0.25) is 0 Å². The van der Waals surface area contributed by atoms with Crippen LogP contribution in [0.4, 0.5) is 0 Å². The highest BCUT2D eigenvalue weighted by Gasteiger charge is 2.15. The molecular weight excluding hydrogens is 204 g/mol. The molecule has 0 saturated carbocycles. The number of hydrogen-bond acceptors (Lipinski definition) is 4. The number of hydrogen-bond donors (Lipinski definition) is 0. The summed E-state index contributed by atoms with van der Waals surface area (Å²) in [5.41, 5.74) is 0. The quantitative estimate of drug-likeness (QED) is 0.401. The minimum atomic E-state index is -0.937. The predicted molar refractivity (Wildman–Crippen MR) is 57.8 cm³/mol. The Morgan fingerprint density at radius 1 is 1.14 bits per heavy atom. The van der Waals surface area contributed by atoms with Gasteiger partial charge in [0.05, 0.1) is 13.7 Å². The number of ether oxygens (including phenoxy) is 2. The van der Waals surface area contributed by atoms with Crippen LogP contribution >= 0.6 is 10.0 Å². The van der Waals surface area contributed by atoms with Crippen LogP contribution in [0.15, 0.2) is 0 Å². The molecule has 0 amide bonds. The molecule has 0 bridgehead atoms. The van der Waals surface area contributed by atoms with Crippen molar-refractivity contribution >= 4 is 22.0 Å². The van der Waals surface area contributed by atoms with Crippen molar-refractivity contribution in [2.24, 2.45) is 0 Å². The van der Waals surface area contributed by atoms with Crippen LogP contribution in [-0.2, 0) is 19.1 Å². The molecule has 0 rings (SSSR count). The van der Waals surface area contributed by atoms with E-state index in [4.69, 9.17) is 0 Å². The van der Waals surface area contributed by atoms with Gasteiger partial charge in [-0.25, -0.2) is 19.6 Å². The first-order valence-corrected chi connectivity index (χ1v) is 7.30. The van der Waals surface area contributed by atoms with E-state index >= 15 is 0 Å². The van der Waals surface area contributed by atoms with E-state index in [0.717, 1.165) is 19.3 Å². The molecule has 0 aromatic heterocycles. The van der Waals surface area contributed by atoms with E-state index in [9.17, 15) is 9.59 Å². The van der Waals surface area contributed by atoms with Crippen molar-refractivity contribution in [2.45, 2.75) is 6.42 Å². The van der Waals surface area contributed by atoms with Crippen LogP contribution in [0.3, 0.4) is 0 Å². The van der Waals surface area contributed by atoms with Crippen LogP contribution in [0.5, 0.6) is 0 Å². The Balaban J connectivity index is 3.56. The lowest BCUT2D eigenvalue weighted by molar-refractivity contribution is -0.165. The maximum Gasteiger partial charge on any atom is 0.417 e. The van der Waals surface area contributed by atoms with Gasteiger partial charge in [-0.05, 0) is 30.9 Å². The van der Waals surface area contributed by atoms with Crippen LogP contribution in [0.25, 0.3) is 0 Å². The zero-order chi connectivity index (χ0) is 11.2. The van der Waals surface area contributed by atoms with E-state index in [1.165, 1.54) is 0 Å². The SMILES string of the molecule is COC(=O)C(=O)OCCCS(C)(C)C. The van der Waals surface area contributed by atoms with Gasteiger partial charge in [0, 0.05) is 0 Å². The second kappa shape index (κ2) is 5.90. The molecule has 0 heterocycles. The molecule has 0 aromatic carbocycles. The van der Waals surface area contributed by atoms with Gasteiger partial charge in [-0.15, -0.1) is 0 Å². The fourth-order valence-electron chi connectivity index (χ4n) is 0.799. The highest BCUT2D eigenvalue weighted by molar-refractivity contribution is 8.32. The van der Waals surface area contributed by atoms with Crippen LogP contribution < -0.4 is 0 Å². The van der Waals surface area contributed by atoms with Crippen LogP contribution in [0, 0.1) is 0 Å². The van der Waals surface area contributed by atoms with Gasteiger partial charge in [-0.2, -0.15) is 0 Å². The van der Waals surface area contributed by atoms with Crippen LogP contribution in [0.1, 0.15) is 6.42 Å². The summed E-state index contributed by atoms with van der Waals surface area (Å²) in [6.45, 7) is 0.290. The highest BCUT2D eigenvalue weighted by atomic mass is 32.3. The Morgan fingerprint density at radius 3 is 2.14 bits per heavy atom. The van der Waals surface area contributed by atoms with E-state index in [1.54, 1.807) is 0 Å². The molecule has 0 aromatic rings. The monoisotopic (exact) mass is 222 g/mol. The third-order valence-corrected chi connectivity index (χ3v) is 3.00. The summed E-state index contributed by atoms with van der Waals surface area (Å²) >= 11 is 0. The third kappa shape index (κ3) is 6.77. The molecule has 0 aliphatic rings. The molecule has 84 valence electrons. The molecule has 5 heteroatoms. The molecule has 14 heavy (non-hydrogen) atoms. The predicted octanol–water partition coefficient (Wildman–Crippen LogP) is 0.787. The highest BCUT2D eigenvalue weighted by Crippen LogP contribution is 2.34. The van der Waals surface area contributed by atoms with E-state index in [2.05, 4.69) is 28.2 Å². The van der Waals surface area contributed by atoms with Crippen molar-refractivity contribution < 1.29 is 19.1 Å². The molecule has 0 radical (unpaired) electrons. The topological polar surface area (TPSA) is 52.6 Å². The minimum absolute atomic E-state index is 0.290. The van der Waals surface area contributed by atoms with Crippen molar-refractivity contribution in [3.8, 4) is 0 Å². The number of esters is 2. The summed E-state index contributed by atoms with van der Waals surface area (Å²) in [5.74, 6) is -0.814. The van der Waals surface area contributed by atoms with Crippen LogP contribution in [-0.4, -0.2) is 50.2 Å². The maximum absolute atomic E-state index is 10.8. The van der Waals surface area contributed by atoms with Gasteiger partial charge < -0.3 is 9.47 Å². The Bertz CT molecular complexity index is 207. The van der Waals surface area contributed by atoms with Crippen molar-refractivity contribution in [3.05, 3.63) is 0 Å². The molecule has 0 N–H and O–H groups in total. The van der Waals surface area contributed by atoms with Crippen molar-refractivity contribution in [2.75, 3.05) is 38.2 Å². The van der Waals surface area contributed by atoms with Gasteiger partial charge in [0.2, 0.25) is 0 Å². The molecule has 0 aliphatic heterocycles. The Labute approximate surface area is 86.3 Å². The maximum atomic E-state index is 10.8. The molecule has 0 atom stereocenters. The average molecular weight is 222 g/mol. The van der Waals surface area contributed by atoms with Gasteiger partial charge in [0.25, 0.3) is 0 Å². The molecule has 4 nitrogen and oxygen atoms in total. The fraction of sp³-hybridized carbons (Fsp3) is 0.778. The van der Waals surface area contributed by atoms with Crippen molar-refractivity contribution in [1.82, 2.24) is 0 Å².